The van der Waals surface area contributed by atoms with Crippen molar-refractivity contribution >= 4 is 59.4 Å². The van der Waals surface area contributed by atoms with Gasteiger partial charge in [-0.2, -0.15) is 0 Å². The minimum atomic E-state index is -1.57. The van der Waals surface area contributed by atoms with Crippen molar-refractivity contribution in [2.75, 3.05) is 132 Å². The van der Waals surface area contributed by atoms with Crippen molar-refractivity contribution in [3.63, 3.8) is 0 Å². The highest BCUT2D eigenvalue weighted by Crippen LogP contribution is 2.06. The van der Waals surface area contributed by atoms with E-state index in [0.29, 0.717) is 112 Å². The van der Waals surface area contributed by atoms with E-state index in [2.05, 4.69) is 31.9 Å². The largest absolute Gasteiger partial charge is 0.481 e. The van der Waals surface area contributed by atoms with Gasteiger partial charge >= 0.3 is 23.9 Å². The maximum atomic E-state index is 12.7. The van der Waals surface area contributed by atoms with Gasteiger partial charge in [0.2, 0.25) is 35.4 Å². The topological polar surface area (TPSA) is 401 Å². The Labute approximate surface area is 449 Å². The fourth-order valence-corrected chi connectivity index (χ4v) is 6.19. The summed E-state index contributed by atoms with van der Waals surface area (Å²) in [6.07, 6.45) is 0.758. The molecule has 8 amide bonds. The molecule has 0 rings (SSSR count). The van der Waals surface area contributed by atoms with E-state index in [9.17, 15) is 53.1 Å². The van der Waals surface area contributed by atoms with Crippen molar-refractivity contribution in [1.29, 1.82) is 0 Å². The van der Waals surface area contributed by atoms with E-state index in [0.717, 1.165) is 6.42 Å². The molecular weight excluding hydrogens is 1020 g/mol. The van der Waals surface area contributed by atoms with E-state index >= 15 is 0 Å². The summed E-state index contributed by atoms with van der Waals surface area (Å²) < 4.78 is 43.6. The average Bonchev–Trinajstić information content (AvgIpc) is 3.37. The van der Waals surface area contributed by atoms with E-state index < -0.39 is 85.2 Å². The third-order valence-electron chi connectivity index (χ3n) is 10.4. The summed E-state index contributed by atoms with van der Waals surface area (Å²) in [7, 11) is 0. The molecule has 0 aromatic heterocycles. The first-order valence-electron chi connectivity index (χ1n) is 25.9. The Morgan fingerprint density at radius 1 is 0.403 bits per heavy atom. The normalized spacial score (nSPS) is 12.6. The molecule has 0 aliphatic rings. The molecule has 444 valence electrons. The molecule has 0 saturated carbocycles. The zero-order chi connectivity index (χ0) is 57.5. The van der Waals surface area contributed by atoms with Crippen LogP contribution in [0.5, 0.6) is 0 Å². The number of carboxylic acids is 3. The highest BCUT2D eigenvalue weighted by Gasteiger charge is 2.28. The second kappa shape index (κ2) is 47.4. The summed E-state index contributed by atoms with van der Waals surface area (Å²) in [5, 5.41) is 47.0. The van der Waals surface area contributed by atoms with Crippen LogP contribution < -0.4 is 42.5 Å². The SMILES string of the molecule is CCNC(=O)C(C)NC(=O)C(NC(=O)CCCCCNC(=O)CCOCCOCCOCCOCCOCCOCCOCCOCCNC(=O)CNC(=O)CCC(NC(=O)NC(CCC(=O)O)C(=O)O)C(=O)O)C(C)C. The molecule has 77 heavy (non-hydrogen) atoms. The number of rotatable bonds is 51. The van der Waals surface area contributed by atoms with Crippen molar-refractivity contribution in [2.24, 2.45) is 5.92 Å². The lowest BCUT2D eigenvalue weighted by atomic mass is 10.0. The fraction of sp³-hybridized carbons (Fsp3) is 0.792. The summed E-state index contributed by atoms with van der Waals surface area (Å²) in [4.78, 5) is 119. The maximum Gasteiger partial charge on any atom is 0.326 e. The van der Waals surface area contributed by atoms with Gasteiger partial charge in [0, 0.05) is 45.3 Å². The number of aliphatic carboxylic acids is 3. The zero-order valence-electron chi connectivity index (χ0n) is 45.1. The smallest absolute Gasteiger partial charge is 0.326 e. The first-order chi connectivity index (χ1) is 36.9. The highest BCUT2D eigenvalue weighted by molar-refractivity contribution is 5.92. The molecule has 0 aliphatic heterocycles. The van der Waals surface area contributed by atoms with Crippen molar-refractivity contribution < 1.29 is 101 Å². The molecule has 0 aromatic rings. The number of amides is 8. The number of nitrogens with one attached hydrogen (secondary N) is 8. The second-order valence-corrected chi connectivity index (χ2v) is 17.2. The number of ether oxygens (including phenoxy) is 8. The Hall–Kier alpha value is -5.82. The van der Waals surface area contributed by atoms with E-state index in [4.69, 9.17) is 48.1 Å². The first kappa shape index (κ1) is 71.2. The number of likely N-dealkylation sites (N-methyl/N-ethyl adjacent to an activating group) is 1. The molecule has 0 radical (unpaired) electrons. The lowest BCUT2D eigenvalue weighted by Gasteiger charge is -2.23. The molecule has 0 bridgehead atoms. The van der Waals surface area contributed by atoms with E-state index in [1.54, 1.807) is 13.8 Å². The maximum absolute atomic E-state index is 12.7. The number of urea groups is 1. The van der Waals surface area contributed by atoms with E-state index in [-0.39, 0.29) is 75.7 Å². The van der Waals surface area contributed by atoms with Crippen molar-refractivity contribution in [1.82, 2.24) is 42.5 Å². The molecule has 0 fully saturated rings. The molecule has 0 aromatic carbocycles. The van der Waals surface area contributed by atoms with Crippen LogP contribution in [0, 0.1) is 5.92 Å². The number of hydrogen-bond acceptors (Lipinski definition) is 18. The van der Waals surface area contributed by atoms with Gasteiger partial charge in [0.05, 0.1) is 112 Å². The van der Waals surface area contributed by atoms with Crippen molar-refractivity contribution in [3.05, 3.63) is 0 Å². The Bertz CT molecular complexity index is 1710. The van der Waals surface area contributed by atoms with Gasteiger partial charge in [0.25, 0.3) is 0 Å². The van der Waals surface area contributed by atoms with Crippen LogP contribution in [0.15, 0.2) is 0 Å². The predicted molar refractivity (Wildman–Crippen MR) is 272 cm³/mol. The molecule has 0 heterocycles. The number of carbonyl (C=O) groups is 10. The molecule has 29 heteroatoms. The summed E-state index contributed by atoms with van der Waals surface area (Å²) in [5.74, 6) is -6.72. The molecule has 4 unspecified atom stereocenters. The Kier molecular flexibility index (Phi) is 43.8. The number of unbranched alkanes of at least 4 members (excludes halogenated alkanes) is 2. The lowest BCUT2D eigenvalue weighted by molar-refractivity contribution is -0.141. The molecule has 0 spiro atoms. The van der Waals surface area contributed by atoms with Crippen LogP contribution in [-0.2, 0) is 81.0 Å². The molecule has 11 N–H and O–H groups in total. The standard InChI is InChI=1S/C48H86N8O21/c1-5-49-44(63)35(4)53-45(64)43(34(2)3)56-40(59)9-7-6-8-15-50-39(58)14-17-70-19-21-72-23-25-74-27-29-76-31-32-77-30-28-75-26-24-73-22-20-71-18-16-51-41(60)33-52-38(57)12-10-36(46(65)66)54-48(69)55-37(47(67)68)11-13-42(61)62/h34-37,43H,5-33H2,1-4H3,(H,49,63)(H,50,58)(H,51,60)(H,52,57)(H,53,64)(H,56,59)(H,61,62)(H,65,66)(H,67,68)(H2,54,55,69). The van der Waals surface area contributed by atoms with Crippen molar-refractivity contribution in [2.45, 2.75) is 110 Å². The fourth-order valence-electron chi connectivity index (χ4n) is 6.19. The lowest BCUT2D eigenvalue weighted by Crippen LogP contribution is -2.54. The van der Waals surface area contributed by atoms with Crippen LogP contribution in [0.25, 0.3) is 0 Å². The van der Waals surface area contributed by atoms with Gasteiger partial charge in [0.15, 0.2) is 0 Å². The molecule has 4 atom stereocenters. The summed E-state index contributed by atoms with van der Waals surface area (Å²) >= 11 is 0. The first-order valence-corrected chi connectivity index (χ1v) is 25.9. The molecular formula is C48H86N8O21. The molecule has 29 nitrogen and oxygen atoms in total. The van der Waals surface area contributed by atoms with Crippen LogP contribution in [0.4, 0.5) is 4.79 Å². The van der Waals surface area contributed by atoms with E-state index in [1.165, 1.54) is 0 Å². The van der Waals surface area contributed by atoms with E-state index in [1.807, 2.05) is 24.5 Å². The second-order valence-electron chi connectivity index (χ2n) is 17.2. The molecule has 0 aliphatic carbocycles. The Morgan fingerprint density at radius 2 is 0.844 bits per heavy atom. The van der Waals surface area contributed by atoms with Crippen LogP contribution in [-0.4, -0.2) is 231 Å². The van der Waals surface area contributed by atoms with Gasteiger partial charge in [-0.05, 0) is 45.4 Å². The van der Waals surface area contributed by atoms with Crippen LogP contribution >= 0.6 is 0 Å². The van der Waals surface area contributed by atoms with Gasteiger partial charge in [-0.3, -0.25) is 33.6 Å². The minimum Gasteiger partial charge on any atom is -0.481 e. The number of carbonyl (C=O) groups excluding carboxylic acids is 7. The number of hydrogen-bond donors (Lipinski definition) is 11. The van der Waals surface area contributed by atoms with Crippen LogP contribution in [0.2, 0.25) is 0 Å². The molecule has 0 saturated heterocycles. The van der Waals surface area contributed by atoms with Crippen LogP contribution in [0.3, 0.4) is 0 Å². The predicted octanol–water partition coefficient (Wildman–Crippen LogP) is -1.95. The monoisotopic (exact) mass is 1110 g/mol. The number of carboxylic acid groups (broad SMARTS) is 3. The summed E-state index contributed by atoms with van der Waals surface area (Å²) in [6.45, 7) is 13.2. The van der Waals surface area contributed by atoms with Crippen molar-refractivity contribution in [3.8, 4) is 0 Å². The summed E-state index contributed by atoms with van der Waals surface area (Å²) in [6, 6.07) is -5.78. The third-order valence-corrected chi connectivity index (χ3v) is 10.4. The third kappa shape index (κ3) is 42.9. The van der Waals surface area contributed by atoms with Gasteiger partial charge in [-0.1, -0.05) is 20.3 Å². The average molecular weight is 1110 g/mol. The quantitative estimate of drug-likeness (QED) is 0.0295. The zero-order valence-corrected chi connectivity index (χ0v) is 45.1. The van der Waals surface area contributed by atoms with Gasteiger partial charge in [-0.15, -0.1) is 0 Å². The Balaban J connectivity index is 3.61. The highest BCUT2D eigenvalue weighted by atomic mass is 16.6. The summed E-state index contributed by atoms with van der Waals surface area (Å²) in [5.41, 5.74) is 0. The van der Waals surface area contributed by atoms with Crippen LogP contribution in [0.1, 0.15) is 85.5 Å². The van der Waals surface area contributed by atoms with Gasteiger partial charge in [-0.25, -0.2) is 14.4 Å². The van der Waals surface area contributed by atoms with Gasteiger partial charge in [0.1, 0.15) is 24.2 Å². The Morgan fingerprint density at radius 3 is 1.30 bits per heavy atom. The van der Waals surface area contributed by atoms with Gasteiger partial charge < -0.3 is 95.7 Å². The minimum absolute atomic E-state index is 0.128.